The van der Waals surface area contributed by atoms with Crippen LogP contribution in [0.3, 0.4) is 0 Å². The van der Waals surface area contributed by atoms with Crippen LogP contribution in [0, 0.1) is 0 Å². The zero-order valence-electron chi connectivity index (χ0n) is 13.1. The third-order valence-electron chi connectivity index (χ3n) is 3.29. The van der Waals surface area contributed by atoms with E-state index in [1.165, 1.54) is 6.20 Å². The molecule has 120 valence electrons. The Labute approximate surface area is 139 Å². The molecule has 3 rings (SSSR count). The number of rotatable bonds is 5. The Morgan fingerprint density at radius 3 is 2.67 bits per heavy atom. The van der Waals surface area contributed by atoms with Crippen molar-refractivity contribution in [2.45, 2.75) is 0 Å². The van der Waals surface area contributed by atoms with Crippen LogP contribution in [-0.2, 0) is 0 Å². The number of benzene rings is 1. The van der Waals surface area contributed by atoms with Gasteiger partial charge in [0.2, 0.25) is 0 Å². The molecule has 0 spiro atoms. The summed E-state index contributed by atoms with van der Waals surface area (Å²) in [5, 5.41) is 5.96. The summed E-state index contributed by atoms with van der Waals surface area (Å²) in [4.78, 5) is 20.2. The van der Waals surface area contributed by atoms with Gasteiger partial charge in [0.05, 0.1) is 24.6 Å². The third kappa shape index (κ3) is 3.86. The highest BCUT2D eigenvalue weighted by Crippen LogP contribution is 2.21. The zero-order chi connectivity index (χ0) is 16.8. The first-order valence-corrected chi connectivity index (χ1v) is 7.33. The topological polar surface area (TPSA) is 76.1 Å². The number of anilines is 3. The fourth-order valence-electron chi connectivity index (χ4n) is 2.09. The molecule has 0 saturated heterocycles. The Bertz CT molecular complexity index is 820. The van der Waals surface area contributed by atoms with Crippen LogP contribution in [0.5, 0.6) is 5.75 Å². The lowest BCUT2D eigenvalue weighted by molar-refractivity contribution is 0.102. The van der Waals surface area contributed by atoms with Gasteiger partial charge in [0, 0.05) is 24.1 Å². The molecule has 0 fully saturated rings. The van der Waals surface area contributed by atoms with Gasteiger partial charge in [-0.3, -0.25) is 9.78 Å². The maximum absolute atomic E-state index is 12.0. The molecule has 0 radical (unpaired) electrons. The van der Waals surface area contributed by atoms with Crippen LogP contribution in [0.1, 0.15) is 10.4 Å². The first-order chi connectivity index (χ1) is 11.7. The van der Waals surface area contributed by atoms with E-state index in [0.717, 1.165) is 17.1 Å². The number of nitrogens with zero attached hydrogens (tertiary/aromatic N) is 2. The second kappa shape index (κ2) is 7.23. The molecule has 2 aromatic heterocycles. The summed E-state index contributed by atoms with van der Waals surface area (Å²) in [7, 11) is 1.63. The predicted octanol–water partition coefficient (Wildman–Crippen LogP) is 3.48. The van der Waals surface area contributed by atoms with Crippen molar-refractivity contribution in [1.29, 1.82) is 0 Å². The Hall–Kier alpha value is -3.41. The van der Waals surface area contributed by atoms with Crippen molar-refractivity contribution in [2.75, 3.05) is 17.7 Å². The zero-order valence-corrected chi connectivity index (χ0v) is 13.1. The number of aromatic nitrogens is 2. The number of pyridine rings is 2. The van der Waals surface area contributed by atoms with E-state index >= 15 is 0 Å². The molecular weight excluding hydrogens is 304 g/mol. The molecule has 1 aromatic carbocycles. The number of ether oxygens (including phenoxy) is 1. The van der Waals surface area contributed by atoms with Gasteiger partial charge in [-0.1, -0.05) is 6.07 Å². The van der Waals surface area contributed by atoms with Crippen LogP contribution in [0.25, 0.3) is 0 Å². The van der Waals surface area contributed by atoms with Crippen molar-refractivity contribution < 1.29 is 9.53 Å². The molecule has 3 aromatic rings. The highest BCUT2D eigenvalue weighted by Gasteiger charge is 2.06. The number of hydrogen-bond acceptors (Lipinski definition) is 5. The van der Waals surface area contributed by atoms with E-state index in [0.29, 0.717) is 11.4 Å². The van der Waals surface area contributed by atoms with Crippen LogP contribution in [0.15, 0.2) is 67.1 Å². The largest absolute Gasteiger partial charge is 0.497 e. The molecule has 2 N–H and O–H groups in total. The van der Waals surface area contributed by atoms with Crippen molar-refractivity contribution in [3.05, 3.63) is 72.7 Å². The van der Waals surface area contributed by atoms with E-state index in [1.807, 2.05) is 30.3 Å². The second-order valence-electron chi connectivity index (χ2n) is 4.98. The fraction of sp³-hybridized carbons (Fsp3) is 0.0556. The summed E-state index contributed by atoms with van der Waals surface area (Å²) >= 11 is 0. The van der Waals surface area contributed by atoms with Crippen molar-refractivity contribution in [2.24, 2.45) is 0 Å². The van der Waals surface area contributed by atoms with Gasteiger partial charge in [0.15, 0.2) is 0 Å². The van der Waals surface area contributed by atoms with Crippen LogP contribution in [0.2, 0.25) is 0 Å². The molecule has 0 bridgehead atoms. The van der Waals surface area contributed by atoms with Gasteiger partial charge in [-0.2, -0.15) is 0 Å². The van der Waals surface area contributed by atoms with Crippen LogP contribution in [0.4, 0.5) is 17.2 Å². The van der Waals surface area contributed by atoms with E-state index in [9.17, 15) is 4.79 Å². The summed E-state index contributed by atoms with van der Waals surface area (Å²) in [6.07, 6.45) is 4.78. The minimum atomic E-state index is -0.246. The lowest BCUT2D eigenvalue weighted by Crippen LogP contribution is -2.13. The molecule has 0 aliphatic heterocycles. The molecule has 6 heteroatoms. The fourth-order valence-corrected chi connectivity index (χ4v) is 2.09. The van der Waals surface area contributed by atoms with E-state index in [-0.39, 0.29) is 5.91 Å². The van der Waals surface area contributed by atoms with E-state index < -0.39 is 0 Å². The molecule has 24 heavy (non-hydrogen) atoms. The number of carbonyl (C=O) groups is 1. The number of hydrogen-bond donors (Lipinski definition) is 2. The van der Waals surface area contributed by atoms with Gasteiger partial charge in [-0.15, -0.1) is 0 Å². The summed E-state index contributed by atoms with van der Waals surface area (Å²) in [6, 6.07) is 14.6. The highest BCUT2D eigenvalue weighted by molar-refractivity contribution is 6.03. The first-order valence-electron chi connectivity index (χ1n) is 7.33. The average molecular weight is 320 g/mol. The summed E-state index contributed by atoms with van der Waals surface area (Å²) < 4.78 is 5.19. The van der Waals surface area contributed by atoms with E-state index in [1.54, 1.807) is 37.7 Å². The van der Waals surface area contributed by atoms with Gasteiger partial charge >= 0.3 is 0 Å². The maximum atomic E-state index is 12.0. The quantitative estimate of drug-likeness (QED) is 0.752. The van der Waals surface area contributed by atoms with Gasteiger partial charge in [0.1, 0.15) is 11.6 Å². The number of carbonyl (C=O) groups excluding carboxylic acids is 1. The molecule has 1 amide bonds. The maximum Gasteiger partial charge on any atom is 0.258 e. The Balaban J connectivity index is 1.66. The third-order valence-corrected chi connectivity index (χ3v) is 3.29. The van der Waals surface area contributed by atoms with Crippen molar-refractivity contribution in [3.8, 4) is 5.75 Å². The monoisotopic (exact) mass is 320 g/mol. The predicted molar refractivity (Wildman–Crippen MR) is 92.7 cm³/mol. The van der Waals surface area contributed by atoms with Crippen molar-refractivity contribution >= 4 is 23.1 Å². The van der Waals surface area contributed by atoms with Gasteiger partial charge < -0.3 is 15.4 Å². The summed E-state index contributed by atoms with van der Waals surface area (Å²) in [6.45, 7) is 0. The lowest BCUT2D eigenvalue weighted by Gasteiger charge is -2.09. The minimum absolute atomic E-state index is 0.246. The molecule has 0 saturated carbocycles. The summed E-state index contributed by atoms with van der Waals surface area (Å²) in [5.74, 6) is 0.998. The molecule has 0 aliphatic carbocycles. The molecular formula is C18H16N4O2. The average Bonchev–Trinajstić information content (AvgIpc) is 2.64. The number of nitrogens with one attached hydrogen (secondary N) is 2. The molecule has 0 unspecified atom stereocenters. The first kappa shape index (κ1) is 15.5. The van der Waals surface area contributed by atoms with Crippen LogP contribution < -0.4 is 15.4 Å². The molecule has 2 heterocycles. The number of methoxy groups -OCH3 is 1. The van der Waals surface area contributed by atoms with Gasteiger partial charge in [-0.25, -0.2) is 4.98 Å². The second-order valence-corrected chi connectivity index (χ2v) is 4.98. The molecule has 0 aliphatic rings. The normalized spacial score (nSPS) is 10.0. The van der Waals surface area contributed by atoms with E-state index in [4.69, 9.17) is 4.74 Å². The van der Waals surface area contributed by atoms with Crippen molar-refractivity contribution in [1.82, 2.24) is 9.97 Å². The van der Waals surface area contributed by atoms with Crippen LogP contribution in [-0.4, -0.2) is 23.0 Å². The minimum Gasteiger partial charge on any atom is -0.497 e. The van der Waals surface area contributed by atoms with E-state index in [2.05, 4.69) is 20.6 Å². The lowest BCUT2D eigenvalue weighted by atomic mass is 10.2. The Morgan fingerprint density at radius 1 is 1.04 bits per heavy atom. The van der Waals surface area contributed by atoms with Crippen molar-refractivity contribution in [3.63, 3.8) is 0 Å². The van der Waals surface area contributed by atoms with Gasteiger partial charge in [-0.05, 0) is 36.4 Å². The highest BCUT2D eigenvalue weighted by atomic mass is 16.5. The summed E-state index contributed by atoms with van der Waals surface area (Å²) in [5.41, 5.74) is 2.18. The SMILES string of the molecule is COc1cccc(Nc2ccc(NC(=O)c3cccnc3)nc2)c1. The van der Waals surface area contributed by atoms with Crippen LogP contribution >= 0.6 is 0 Å². The Morgan fingerprint density at radius 2 is 1.96 bits per heavy atom. The standard InChI is InChI=1S/C18H16N4O2/c1-24-16-6-2-5-14(10-16)21-15-7-8-17(20-12-15)22-18(23)13-4-3-9-19-11-13/h2-12,21H,1H3,(H,20,22,23). The molecule has 6 nitrogen and oxygen atoms in total. The Kier molecular flexibility index (Phi) is 4.67. The smallest absolute Gasteiger partial charge is 0.258 e. The number of amides is 1. The van der Waals surface area contributed by atoms with Gasteiger partial charge in [0.25, 0.3) is 5.91 Å². The molecule has 0 atom stereocenters.